The maximum atomic E-state index is 12.5. The van der Waals surface area contributed by atoms with E-state index in [0.29, 0.717) is 32.0 Å². The Morgan fingerprint density at radius 1 is 1.07 bits per heavy atom. The maximum Gasteiger partial charge on any atom is 0.260 e. The molecule has 9 nitrogen and oxygen atoms in total. The van der Waals surface area contributed by atoms with Crippen LogP contribution in [0.3, 0.4) is 0 Å². The van der Waals surface area contributed by atoms with E-state index in [0.717, 1.165) is 11.6 Å². The van der Waals surface area contributed by atoms with Crippen LogP contribution in [0.25, 0.3) is 5.82 Å². The van der Waals surface area contributed by atoms with E-state index in [4.69, 9.17) is 0 Å². The number of aryl methyl sites for hydroxylation is 1. The van der Waals surface area contributed by atoms with Crippen molar-refractivity contribution >= 4 is 11.7 Å². The van der Waals surface area contributed by atoms with Gasteiger partial charge < -0.3 is 14.8 Å². The van der Waals surface area contributed by atoms with E-state index in [1.807, 2.05) is 29.8 Å². The SMILES string of the molecule is Cc1nccn1-c1ccc(N2CCN(C(=O)c3ccc[nH]c3=O)CC2)nn1. The van der Waals surface area contributed by atoms with E-state index in [-0.39, 0.29) is 17.0 Å². The number of amides is 1. The number of carbonyl (C=O) groups excluding carboxylic acids is 1. The molecular formula is C18H19N7O2. The van der Waals surface area contributed by atoms with Gasteiger partial charge in [0, 0.05) is 44.8 Å². The van der Waals surface area contributed by atoms with E-state index >= 15 is 0 Å². The van der Waals surface area contributed by atoms with Crippen molar-refractivity contribution in [2.75, 3.05) is 31.1 Å². The predicted octanol–water partition coefficient (Wildman–Crippen LogP) is 0.621. The summed E-state index contributed by atoms with van der Waals surface area (Å²) in [5.74, 6) is 2.08. The van der Waals surface area contributed by atoms with Gasteiger partial charge in [-0.25, -0.2) is 4.98 Å². The fraction of sp³-hybridized carbons (Fsp3) is 0.278. The summed E-state index contributed by atoms with van der Waals surface area (Å²) in [6.07, 6.45) is 5.08. The fourth-order valence-corrected chi connectivity index (χ4v) is 3.13. The van der Waals surface area contributed by atoms with Crippen molar-refractivity contribution in [3.05, 3.63) is 64.6 Å². The molecule has 1 saturated heterocycles. The van der Waals surface area contributed by atoms with Crippen molar-refractivity contribution in [2.45, 2.75) is 6.92 Å². The number of hydrogen-bond donors (Lipinski definition) is 1. The first-order chi connectivity index (χ1) is 13.1. The molecule has 27 heavy (non-hydrogen) atoms. The van der Waals surface area contributed by atoms with Gasteiger partial charge in [-0.05, 0) is 31.2 Å². The summed E-state index contributed by atoms with van der Waals surface area (Å²) in [5, 5.41) is 8.59. The molecular weight excluding hydrogens is 346 g/mol. The zero-order chi connectivity index (χ0) is 18.8. The monoisotopic (exact) mass is 365 g/mol. The molecule has 3 aromatic heterocycles. The zero-order valence-electron chi connectivity index (χ0n) is 14.9. The molecule has 9 heteroatoms. The number of hydrogen-bond acceptors (Lipinski definition) is 6. The van der Waals surface area contributed by atoms with Crippen molar-refractivity contribution in [2.24, 2.45) is 0 Å². The molecule has 1 fully saturated rings. The third-order valence-corrected chi connectivity index (χ3v) is 4.65. The zero-order valence-corrected chi connectivity index (χ0v) is 14.9. The first kappa shape index (κ1) is 17.0. The second-order valence-electron chi connectivity index (χ2n) is 6.29. The van der Waals surface area contributed by atoms with Gasteiger partial charge in [0.25, 0.3) is 11.5 Å². The van der Waals surface area contributed by atoms with Crippen molar-refractivity contribution in [1.29, 1.82) is 0 Å². The van der Waals surface area contributed by atoms with Gasteiger partial charge in [-0.3, -0.25) is 14.2 Å². The average Bonchev–Trinajstić information content (AvgIpc) is 3.14. The van der Waals surface area contributed by atoms with Crippen molar-refractivity contribution in [3.8, 4) is 5.82 Å². The Kier molecular flexibility index (Phi) is 4.41. The second kappa shape index (κ2) is 7.02. The molecule has 1 N–H and O–H groups in total. The minimum atomic E-state index is -0.360. The maximum absolute atomic E-state index is 12.5. The number of nitrogens with zero attached hydrogens (tertiary/aromatic N) is 6. The van der Waals surface area contributed by atoms with Crippen LogP contribution in [0, 0.1) is 6.92 Å². The normalized spacial score (nSPS) is 14.4. The molecule has 4 rings (SSSR count). The lowest BCUT2D eigenvalue weighted by Crippen LogP contribution is -2.49. The molecule has 0 bridgehead atoms. The molecule has 0 saturated carbocycles. The van der Waals surface area contributed by atoms with Crippen LogP contribution >= 0.6 is 0 Å². The van der Waals surface area contributed by atoms with Crippen molar-refractivity contribution < 1.29 is 4.79 Å². The smallest absolute Gasteiger partial charge is 0.260 e. The predicted molar refractivity (Wildman–Crippen MR) is 99.1 cm³/mol. The summed E-state index contributed by atoms with van der Waals surface area (Å²) in [4.78, 5) is 34.8. The standard InChI is InChI=1S/C18H19N7O2/c1-13-19-7-8-25(13)16-5-4-15(21-22-16)23-9-11-24(12-10-23)18(27)14-3-2-6-20-17(14)26/h2-8H,9-12H2,1H3,(H,20,26). The van der Waals surface area contributed by atoms with Gasteiger partial charge in [-0.2, -0.15) is 0 Å². The first-order valence-corrected chi connectivity index (χ1v) is 8.69. The number of nitrogens with one attached hydrogen (secondary N) is 1. The van der Waals surface area contributed by atoms with Crippen LogP contribution in [0.4, 0.5) is 5.82 Å². The topological polar surface area (TPSA) is 100 Å². The molecule has 1 aliphatic rings. The highest BCUT2D eigenvalue weighted by atomic mass is 16.2. The van der Waals surface area contributed by atoms with Gasteiger partial charge in [0.15, 0.2) is 11.6 Å². The molecule has 0 radical (unpaired) electrons. The Balaban J connectivity index is 1.42. The Labute approximate surface area is 155 Å². The van der Waals surface area contributed by atoms with E-state index in [1.54, 1.807) is 23.2 Å². The first-order valence-electron chi connectivity index (χ1n) is 8.69. The highest BCUT2D eigenvalue weighted by molar-refractivity contribution is 5.93. The van der Waals surface area contributed by atoms with E-state index in [2.05, 4.69) is 25.1 Å². The van der Waals surface area contributed by atoms with Gasteiger partial charge in [0.05, 0.1) is 0 Å². The van der Waals surface area contributed by atoms with Crippen LogP contribution in [-0.4, -0.2) is 61.7 Å². The molecule has 0 aliphatic carbocycles. The van der Waals surface area contributed by atoms with Crippen LogP contribution in [0.15, 0.2) is 47.7 Å². The highest BCUT2D eigenvalue weighted by Gasteiger charge is 2.24. The van der Waals surface area contributed by atoms with Crippen LogP contribution in [0.5, 0.6) is 0 Å². The van der Waals surface area contributed by atoms with Crippen LogP contribution in [0.1, 0.15) is 16.2 Å². The molecule has 138 valence electrons. The van der Waals surface area contributed by atoms with Gasteiger partial charge >= 0.3 is 0 Å². The molecule has 3 aromatic rings. The van der Waals surface area contributed by atoms with Gasteiger partial charge in [-0.1, -0.05) is 0 Å². The largest absolute Gasteiger partial charge is 0.352 e. The van der Waals surface area contributed by atoms with Crippen LogP contribution < -0.4 is 10.5 Å². The van der Waals surface area contributed by atoms with Crippen molar-refractivity contribution in [1.82, 2.24) is 29.6 Å². The third-order valence-electron chi connectivity index (χ3n) is 4.65. The third kappa shape index (κ3) is 3.31. The number of carbonyl (C=O) groups is 1. The summed E-state index contributed by atoms with van der Waals surface area (Å²) >= 11 is 0. The van der Waals surface area contributed by atoms with Crippen LogP contribution in [-0.2, 0) is 0 Å². The Hall–Kier alpha value is -3.49. The van der Waals surface area contributed by atoms with E-state index < -0.39 is 0 Å². The lowest BCUT2D eigenvalue weighted by Gasteiger charge is -2.35. The quantitative estimate of drug-likeness (QED) is 0.730. The number of aromatic nitrogens is 5. The van der Waals surface area contributed by atoms with E-state index in [9.17, 15) is 9.59 Å². The summed E-state index contributed by atoms with van der Waals surface area (Å²) < 4.78 is 1.87. The summed E-state index contributed by atoms with van der Waals surface area (Å²) in [5.41, 5.74) is -0.188. The summed E-state index contributed by atoms with van der Waals surface area (Å²) in [6, 6.07) is 7.03. The number of pyridine rings is 1. The molecule has 0 aromatic carbocycles. The number of rotatable bonds is 3. The summed E-state index contributed by atoms with van der Waals surface area (Å²) in [7, 11) is 0. The molecule has 1 amide bonds. The lowest BCUT2D eigenvalue weighted by molar-refractivity contribution is 0.0744. The summed E-state index contributed by atoms with van der Waals surface area (Å²) in [6.45, 7) is 4.22. The minimum Gasteiger partial charge on any atom is -0.352 e. The van der Waals surface area contributed by atoms with Gasteiger partial charge in [0.2, 0.25) is 0 Å². The molecule has 0 unspecified atom stereocenters. The Bertz CT molecular complexity index is 1000. The van der Waals surface area contributed by atoms with E-state index in [1.165, 1.54) is 6.20 Å². The Morgan fingerprint density at radius 2 is 1.81 bits per heavy atom. The van der Waals surface area contributed by atoms with Gasteiger partial charge in [-0.15, -0.1) is 10.2 Å². The molecule has 4 heterocycles. The molecule has 0 spiro atoms. The van der Waals surface area contributed by atoms with Gasteiger partial charge in [0.1, 0.15) is 11.4 Å². The number of aromatic amines is 1. The fourth-order valence-electron chi connectivity index (χ4n) is 3.13. The highest BCUT2D eigenvalue weighted by Crippen LogP contribution is 2.15. The average molecular weight is 365 g/mol. The van der Waals surface area contributed by atoms with Crippen LogP contribution in [0.2, 0.25) is 0 Å². The number of anilines is 1. The van der Waals surface area contributed by atoms with Crippen molar-refractivity contribution in [3.63, 3.8) is 0 Å². The minimum absolute atomic E-state index is 0.172. The number of H-pyrrole nitrogens is 1. The molecule has 0 atom stereocenters. The lowest BCUT2D eigenvalue weighted by atomic mass is 10.2. The Morgan fingerprint density at radius 3 is 2.44 bits per heavy atom. The molecule has 1 aliphatic heterocycles. The number of imidazole rings is 1. The second-order valence-corrected chi connectivity index (χ2v) is 6.29. The number of piperazine rings is 1.